The summed E-state index contributed by atoms with van der Waals surface area (Å²) in [5, 5.41) is 24.6. The summed E-state index contributed by atoms with van der Waals surface area (Å²) < 4.78 is 1.46. The van der Waals surface area contributed by atoms with Crippen LogP contribution in [0.25, 0.3) is 5.65 Å². The predicted molar refractivity (Wildman–Crippen MR) is 65.3 cm³/mol. The Morgan fingerprint density at radius 2 is 2.33 bits per heavy atom. The number of aromatic nitrogens is 5. The molecule has 3 heterocycles. The third-order valence-corrected chi connectivity index (χ3v) is 3.42. The van der Waals surface area contributed by atoms with Gasteiger partial charge in [-0.3, -0.25) is 0 Å². The molecule has 7 heteroatoms. The fraction of sp³-hybridized carbons (Fsp3) is 0.636. The Balaban J connectivity index is 1.83. The summed E-state index contributed by atoms with van der Waals surface area (Å²) in [6.07, 6.45) is 4.18. The zero-order chi connectivity index (χ0) is 12.4. The van der Waals surface area contributed by atoms with Gasteiger partial charge in [-0.25, -0.2) is 0 Å². The molecular formula is C11H16N6O. The first-order valence-electron chi connectivity index (χ1n) is 6.31. The lowest BCUT2D eigenvalue weighted by molar-refractivity contribution is 0.279. The number of tetrazole rings is 1. The Bertz CT molecular complexity index is 527. The maximum atomic E-state index is 8.93. The smallest absolute Gasteiger partial charge is 0.200 e. The van der Waals surface area contributed by atoms with Crippen molar-refractivity contribution in [1.82, 2.24) is 25.3 Å². The van der Waals surface area contributed by atoms with Gasteiger partial charge in [-0.05, 0) is 48.2 Å². The molecule has 0 radical (unpaired) electrons. The molecule has 0 bridgehead atoms. The molecule has 2 aromatic heterocycles. The van der Waals surface area contributed by atoms with Gasteiger partial charge in [0.1, 0.15) is 0 Å². The number of aliphatic hydroxyl groups is 1. The van der Waals surface area contributed by atoms with Gasteiger partial charge in [-0.15, -0.1) is 14.8 Å². The van der Waals surface area contributed by atoms with Crippen molar-refractivity contribution < 1.29 is 5.11 Å². The second kappa shape index (κ2) is 4.85. The number of anilines is 1. The average Bonchev–Trinajstić information content (AvgIpc) is 3.03. The highest BCUT2D eigenvalue weighted by Crippen LogP contribution is 2.26. The zero-order valence-corrected chi connectivity index (χ0v) is 10.1. The van der Waals surface area contributed by atoms with Gasteiger partial charge >= 0.3 is 0 Å². The molecule has 1 N–H and O–H groups in total. The van der Waals surface area contributed by atoms with E-state index < -0.39 is 0 Å². The number of hydrogen-bond donors (Lipinski definition) is 1. The first-order chi connectivity index (χ1) is 8.88. The van der Waals surface area contributed by atoms with Gasteiger partial charge in [-0.2, -0.15) is 0 Å². The van der Waals surface area contributed by atoms with Crippen molar-refractivity contribution in [1.29, 1.82) is 0 Å². The van der Waals surface area contributed by atoms with Gasteiger partial charge in [0.15, 0.2) is 11.5 Å². The molecule has 96 valence electrons. The van der Waals surface area contributed by atoms with E-state index in [-0.39, 0.29) is 6.61 Å². The number of rotatable bonds is 4. The maximum absolute atomic E-state index is 8.93. The van der Waals surface area contributed by atoms with Gasteiger partial charge in [0.2, 0.25) is 0 Å². The summed E-state index contributed by atoms with van der Waals surface area (Å²) in [5.41, 5.74) is 0.657. The van der Waals surface area contributed by atoms with Crippen LogP contribution in [0.15, 0.2) is 12.1 Å². The van der Waals surface area contributed by atoms with E-state index in [4.69, 9.17) is 5.11 Å². The molecule has 0 spiro atoms. The van der Waals surface area contributed by atoms with Crippen LogP contribution in [0.4, 0.5) is 5.82 Å². The Kier molecular flexibility index (Phi) is 3.06. The molecule has 0 aliphatic carbocycles. The molecule has 18 heavy (non-hydrogen) atoms. The lowest BCUT2D eigenvalue weighted by Crippen LogP contribution is -2.30. The summed E-state index contributed by atoms with van der Waals surface area (Å²) >= 11 is 0. The molecule has 1 aliphatic rings. The number of hydrogen-bond acceptors (Lipinski definition) is 6. The zero-order valence-electron chi connectivity index (χ0n) is 10.1. The molecule has 1 atom stereocenters. The van der Waals surface area contributed by atoms with Gasteiger partial charge in [0.05, 0.1) is 0 Å². The van der Waals surface area contributed by atoms with Crippen molar-refractivity contribution >= 4 is 11.5 Å². The van der Waals surface area contributed by atoms with Crippen LogP contribution >= 0.6 is 0 Å². The molecule has 0 saturated carbocycles. The summed E-state index contributed by atoms with van der Waals surface area (Å²) in [5.74, 6) is 0.912. The Hall–Kier alpha value is -1.76. The Labute approximate surface area is 104 Å². The Morgan fingerprint density at radius 1 is 1.39 bits per heavy atom. The molecular weight excluding hydrogens is 232 g/mol. The van der Waals surface area contributed by atoms with E-state index in [1.54, 1.807) is 0 Å². The van der Waals surface area contributed by atoms with Crippen LogP contribution in [0.2, 0.25) is 0 Å². The fourth-order valence-corrected chi connectivity index (χ4v) is 2.56. The molecule has 3 rings (SSSR count). The molecule has 0 aromatic carbocycles. The summed E-state index contributed by atoms with van der Waals surface area (Å²) in [6, 6.07) is 4.31. The SMILES string of the molecule is OCCCC1CCCN1c1ccc2nnnn2n1. The monoisotopic (exact) mass is 248 g/mol. The van der Waals surface area contributed by atoms with E-state index in [1.165, 1.54) is 11.1 Å². The van der Waals surface area contributed by atoms with Crippen LogP contribution in [0.3, 0.4) is 0 Å². The van der Waals surface area contributed by atoms with Gasteiger partial charge in [0, 0.05) is 19.2 Å². The molecule has 2 aromatic rings. The van der Waals surface area contributed by atoms with Crippen LogP contribution in [0.5, 0.6) is 0 Å². The van der Waals surface area contributed by atoms with E-state index in [9.17, 15) is 0 Å². The number of nitrogens with zero attached hydrogens (tertiary/aromatic N) is 6. The van der Waals surface area contributed by atoms with E-state index >= 15 is 0 Å². The van der Waals surface area contributed by atoms with Crippen molar-refractivity contribution in [3.8, 4) is 0 Å². The van der Waals surface area contributed by atoms with E-state index in [1.807, 2.05) is 12.1 Å². The summed E-state index contributed by atoms with van der Waals surface area (Å²) in [4.78, 5) is 2.29. The van der Waals surface area contributed by atoms with E-state index in [0.717, 1.165) is 31.6 Å². The lowest BCUT2D eigenvalue weighted by atomic mass is 10.1. The van der Waals surface area contributed by atoms with Crippen molar-refractivity contribution in [2.45, 2.75) is 31.7 Å². The Morgan fingerprint density at radius 3 is 3.22 bits per heavy atom. The minimum Gasteiger partial charge on any atom is -0.396 e. The minimum absolute atomic E-state index is 0.254. The van der Waals surface area contributed by atoms with Crippen molar-refractivity contribution in [3.05, 3.63) is 12.1 Å². The highest BCUT2D eigenvalue weighted by atomic mass is 16.2. The average molecular weight is 248 g/mol. The third-order valence-electron chi connectivity index (χ3n) is 3.42. The van der Waals surface area contributed by atoms with Crippen molar-refractivity contribution in [2.75, 3.05) is 18.1 Å². The van der Waals surface area contributed by atoms with Crippen LogP contribution in [0, 0.1) is 0 Å². The van der Waals surface area contributed by atoms with Crippen LogP contribution < -0.4 is 4.90 Å². The molecule has 7 nitrogen and oxygen atoms in total. The standard InChI is InChI=1S/C11H16N6O/c18-8-2-4-9-3-1-7-16(9)11-6-5-10-12-14-15-17(10)13-11/h5-6,9,18H,1-4,7-8H2. The lowest BCUT2D eigenvalue weighted by Gasteiger charge is -2.25. The fourth-order valence-electron chi connectivity index (χ4n) is 2.56. The van der Waals surface area contributed by atoms with Gasteiger partial charge in [-0.1, -0.05) is 0 Å². The highest BCUT2D eigenvalue weighted by Gasteiger charge is 2.25. The maximum Gasteiger partial charge on any atom is 0.200 e. The molecule has 1 fully saturated rings. The first-order valence-corrected chi connectivity index (χ1v) is 6.31. The second-order valence-corrected chi connectivity index (χ2v) is 4.57. The molecule has 1 saturated heterocycles. The topological polar surface area (TPSA) is 79.4 Å². The van der Waals surface area contributed by atoms with E-state index in [2.05, 4.69) is 25.5 Å². The predicted octanol–water partition coefficient (Wildman–Crippen LogP) is 0.261. The minimum atomic E-state index is 0.254. The quantitative estimate of drug-likeness (QED) is 0.836. The van der Waals surface area contributed by atoms with Gasteiger partial charge in [0.25, 0.3) is 0 Å². The first kappa shape index (κ1) is 11.3. The second-order valence-electron chi connectivity index (χ2n) is 4.57. The summed E-state index contributed by atoms with van der Waals surface area (Å²) in [7, 11) is 0. The number of fused-ring (bicyclic) bond motifs is 1. The largest absolute Gasteiger partial charge is 0.396 e. The number of aliphatic hydroxyl groups excluding tert-OH is 1. The summed E-state index contributed by atoms with van der Waals surface area (Å²) in [6.45, 7) is 1.26. The van der Waals surface area contributed by atoms with Gasteiger partial charge < -0.3 is 10.0 Å². The van der Waals surface area contributed by atoms with Crippen molar-refractivity contribution in [2.24, 2.45) is 0 Å². The third kappa shape index (κ3) is 2.01. The van der Waals surface area contributed by atoms with Crippen LogP contribution in [0.1, 0.15) is 25.7 Å². The molecule has 1 unspecified atom stereocenters. The van der Waals surface area contributed by atoms with Crippen LogP contribution in [-0.4, -0.2) is 49.6 Å². The normalized spacial score (nSPS) is 19.8. The highest BCUT2D eigenvalue weighted by molar-refractivity contribution is 5.45. The molecule has 1 aliphatic heterocycles. The van der Waals surface area contributed by atoms with E-state index in [0.29, 0.717) is 11.7 Å². The van der Waals surface area contributed by atoms with Crippen LogP contribution in [-0.2, 0) is 0 Å². The molecule has 0 amide bonds. The van der Waals surface area contributed by atoms with Crippen molar-refractivity contribution in [3.63, 3.8) is 0 Å².